The Morgan fingerprint density at radius 2 is 2.35 bits per heavy atom. The van der Waals surface area contributed by atoms with Gasteiger partial charge in [-0.1, -0.05) is 0 Å². The van der Waals surface area contributed by atoms with Crippen LogP contribution in [0.2, 0.25) is 0 Å². The lowest BCUT2D eigenvalue weighted by molar-refractivity contribution is 0.102. The number of carbonyl (C=O) groups is 1. The average molecular weight is 228 g/mol. The number of nitrogens with zero attached hydrogens (tertiary/aromatic N) is 4. The third kappa shape index (κ3) is 2.26. The molecule has 0 atom stereocenters. The second-order valence-corrected chi connectivity index (χ2v) is 3.23. The third-order valence-electron chi connectivity index (χ3n) is 2.09. The van der Waals surface area contributed by atoms with Gasteiger partial charge in [0.25, 0.3) is 5.91 Å². The molecule has 17 heavy (non-hydrogen) atoms. The van der Waals surface area contributed by atoms with E-state index >= 15 is 0 Å². The van der Waals surface area contributed by atoms with Crippen molar-refractivity contribution in [1.29, 1.82) is 5.26 Å². The van der Waals surface area contributed by atoms with E-state index < -0.39 is 5.91 Å². The average Bonchev–Trinajstić information content (AvgIpc) is 2.81. The van der Waals surface area contributed by atoms with E-state index in [0.717, 1.165) is 0 Å². The van der Waals surface area contributed by atoms with Crippen molar-refractivity contribution in [3.05, 3.63) is 35.4 Å². The minimum atomic E-state index is -0.408. The molecule has 0 aliphatic carbocycles. The van der Waals surface area contributed by atoms with Gasteiger partial charge in [-0.2, -0.15) is 15.3 Å². The van der Waals surface area contributed by atoms with E-state index in [9.17, 15) is 4.79 Å². The standard InChI is InChI=1S/C10H8N6O/c1-6-7(4-11)2-3-8(14-6)9(17)15-10-12-5-13-16-10/h2-3,5H,1H3,(H2,12,13,15,16,17). The van der Waals surface area contributed by atoms with Crippen molar-refractivity contribution in [2.24, 2.45) is 0 Å². The van der Waals surface area contributed by atoms with Crippen molar-refractivity contribution in [2.45, 2.75) is 6.92 Å². The van der Waals surface area contributed by atoms with Crippen LogP contribution < -0.4 is 5.32 Å². The van der Waals surface area contributed by atoms with Crippen LogP contribution in [0.1, 0.15) is 21.7 Å². The molecule has 0 radical (unpaired) electrons. The lowest BCUT2D eigenvalue weighted by Crippen LogP contribution is -2.15. The van der Waals surface area contributed by atoms with Crippen LogP contribution in [0.4, 0.5) is 5.95 Å². The van der Waals surface area contributed by atoms with Crippen LogP contribution in [0, 0.1) is 18.3 Å². The van der Waals surface area contributed by atoms with Crippen LogP contribution in [0.5, 0.6) is 0 Å². The predicted octanol–water partition coefficient (Wildman–Crippen LogP) is 0.632. The maximum Gasteiger partial charge on any atom is 0.276 e. The summed E-state index contributed by atoms with van der Waals surface area (Å²) < 4.78 is 0. The first kappa shape index (κ1) is 10.8. The Morgan fingerprint density at radius 1 is 1.53 bits per heavy atom. The number of nitriles is 1. The molecule has 2 aromatic heterocycles. The van der Waals surface area contributed by atoms with Gasteiger partial charge in [-0.3, -0.25) is 10.1 Å². The third-order valence-corrected chi connectivity index (χ3v) is 2.09. The number of rotatable bonds is 2. The van der Waals surface area contributed by atoms with Gasteiger partial charge in [0.2, 0.25) is 5.95 Å². The van der Waals surface area contributed by atoms with E-state index in [0.29, 0.717) is 11.3 Å². The number of pyridine rings is 1. The van der Waals surface area contributed by atoms with Gasteiger partial charge in [0.1, 0.15) is 18.1 Å². The summed E-state index contributed by atoms with van der Waals surface area (Å²) in [6.07, 6.45) is 1.28. The van der Waals surface area contributed by atoms with Crippen molar-refractivity contribution in [3.63, 3.8) is 0 Å². The highest BCUT2D eigenvalue weighted by molar-refractivity contribution is 6.01. The predicted molar refractivity (Wildman–Crippen MR) is 58.0 cm³/mol. The zero-order chi connectivity index (χ0) is 12.3. The summed E-state index contributed by atoms with van der Waals surface area (Å²) in [5.41, 5.74) is 1.18. The van der Waals surface area contributed by atoms with Gasteiger partial charge in [-0.05, 0) is 19.1 Å². The molecular formula is C10H8N6O. The molecule has 2 rings (SSSR count). The fourth-order valence-electron chi connectivity index (χ4n) is 1.24. The minimum absolute atomic E-state index is 0.220. The van der Waals surface area contributed by atoms with Crippen LogP contribution in [0.25, 0.3) is 0 Å². The van der Waals surface area contributed by atoms with Crippen LogP contribution in [0.3, 0.4) is 0 Å². The number of hydrogen-bond donors (Lipinski definition) is 2. The van der Waals surface area contributed by atoms with Crippen LogP contribution in [-0.4, -0.2) is 26.1 Å². The summed E-state index contributed by atoms with van der Waals surface area (Å²) in [6, 6.07) is 5.02. The first-order valence-corrected chi connectivity index (χ1v) is 4.75. The summed E-state index contributed by atoms with van der Waals surface area (Å²) in [5, 5.41) is 17.3. The first-order valence-electron chi connectivity index (χ1n) is 4.75. The second kappa shape index (κ2) is 4.40. The van der Waals surface area contributed by atoms with Crippen LogP contribution in [-0.2, 0) is 0 Å². The number of aromatic nitrogens is 4. The van der Waals surface area contributed by atoms with Crippen LogP contribution >= 0.6 is 0 Å². The molecular weight excluding hydrogens is 220 g/mol. The smallest absolute Gasteiger partial charge is 0.276 e. The molecule has 7 nitrogen and oxygen atoms in total. The number of aryl methyl sites for hydroxylation is 1. The summed E-state index contributed by atoms with van der Waals surface area (Å²) in [4.78, 5) is 19.5. The highest BCUT2D eigenvalue weighted by Crippen LogP contribution is 2.06. The fourth-order valence-corrected chi connectivity index (χ4v) is 1.24. The van der Waals surface area contributed by atoms with Crippen molar-refractivity contribution in [3.8, 4) is 6.07 Å². The SMILES string of the molecule is Cc1nc(C(=O)Nc2ncn[nH]2)ccc1C#N. The Labute approximate surface area is 96.5 Å². The quantitative estimate of drug-likeness (QED) is 0.783. The van der Waals surface area contributed by atoms with E-state index in [-0.39, 0.29) is 11.6 Å². The van der Waals surface area contributed by atoms with Crippen molar-refractivity contribution < 1.29 is 4.79 Å². The highest BCUT2D eigenvalue weighted by Gasteiger charge is 2.10. The zero-order valence-corrected chi connectivity index (χ0v) is 8.93. The molecule has 84 valence electrons. The largest absolute Gasteiger partial charge is 0.289 e. The van der Waals surface area contributed by atoms with Gasteiger partial charge < -0.3 is 0 Å². The lowest BCUT2D eigenvalue weighted by Gasteiger charge is -2.02. The molecule has 2 aromatic rings. The van der Waals surface area contributed by atoms with Crippen molar-refractivity contribution >= 4 is 11.9 Å². The Balaban J connectivity index is 2.21. The van der Waals surface area contributed by atoms with Gasteiger partial charge in [-0.15, -0.1) is 0 Å². The van der Waals surface area contributed by atoms with Crippen molar-refractivity contribution in [1.82, 2.24) is 20.2 Å². The molecule has 1 amide bonds. The number of carbonyl (C=O) groups excluding carboxylic acids is 1. The van der Waals surface area contributed by atoms with Gasteiger partial charge in [0.05, 0.1) is 11.3 Å². The molecule has 0 spiro atoms. The summed E-state index contributed by atoms with van der Waals surface area (Å²) in [6.45, 7) is 1.67. The number of amides is 1. The van der Waals surface area contributed by atoms with E-state index in [4.69, 9.17) is 5.26 Å². The summed E-state index contributed by atoms with van der Waals surface area (Å²) in [7, 11) is 0. The van der Waals surface area contributed by atoms with Gasteiger partial charge >= 0.3 is 0 Å². The Hall–Kier alpha value is -2.75. The Kier molecular flexibility index (Phi) is 2.79. The molecule has 0 fully saturated rings. The molecule has 7 heteroatoms. The Morgan fingerprint density at radius 3 is 2.94 bits per heavy atom. The molecule has 0 aliphatic rings. The normalized spacial score (nSPS) is 9.65. The molecule has 0 unspecified atom stereocenters. The molecule has 0 bridgehead atoms. The number of hydrogen-bond acceptors (Lipinski definition) is 5. The number of H-pyrrole nitrogens is 1. The molecule has 2 N–H and O–H groups in total. The zero-order valence-electron chi connectivity index (χ0n) is 8.93. The molecule has 2 heterocycles. The number of nitrogens with one attached hydrogen (secondary N) is 2. The highest BCUT2D eigenvalue weighted by atomic mass is 16.2. The Bertz CT molecular complexity index is 583. The van der Waals surface area contributed by atoms with Crippen molar-refractivity contribution in [2.75, 3.05) is 5.32 Å². The minimum Gasteiger partial charge on any atom is -0.289 e. The first-order chi connectivity index (χ1) is 8.20. The maximum absolute atomic E-state index is 11.7. The van der Waals surface area contributed by atoms with E-state index in [2.05, 4.69) is 25.5 Å². The second-order valence-electron chi connectivity index (χ2n) is 3.23. The summed E-state index contributed by atoms with van der Waals surface area (Å²) in [5.74, 6) is -0.159. The number of aromatic amines is 1. The van der Waals surface area contributed by atoms with Crippen LogP contribution in [0.15, 0.2) is 18.5 Å². The monoisotopic (exact) mass is 228 g/mol. The van der Waals surface area contributed by atoms with E-state index in [1.807, 2.05) is 6.07 Å². The lowest BCUT2D eigenvalue weighted by atomic mass is 10.2. The number of anilines is 1. The fraction of sp³-hybridized carbons (Fsp3) is 0.100. The summed E-state index contributed by atoms with van der Waals surface area (Å²) >= 11 is 0. The van der Waals surface area contributed by atoms with Gasteiger partial charge in [0.15, 0.2) is 0 Å². The topological polar surface area (TPSA) is 107 Å². The molecule has 0 saturated carbocycles. The van der Waals surface area contributed by atoms with Gasteiger partial charge in [-0.25, -0.2) is 10.1 Å². The van der Waals surface area contributed by atoms with E-state index in [1.165, 1.54) is 12.4 Å². The molecule has 0 aliphatic heterocycles. The molecule has 0 saturated heterocycles. The molecule has 0 aromatic carbocycles. The van der Waals surface area contributed by atoms with Gasteiger partial charge in [0, 0.05) is 0 Å². The maximum atomic E-state index is 11.7. The van der Waals surface area contributed by atoms with E-state index in [1.54, 1.807) is 13.0 Å².